The highest BCUT2D eigenvalue weighted by molar-refractivity contribution is 9.11. The Kier molecular flexibility index (Phi) is 9.51. The monoisotopic (exact) mass is 441 g/mol. The number of hydrogen-bond acceptors (Lipinski definition) is 7. The summed E-state index contributed by atoms with van der Waals surface area (Å²) in [6.07, 6.45) is 0.769. The number of carbonyl (C=O) groups is 2. The molecule has 1 aromatic heterocycles. The zero-order valence-corrected chi connectivity index (χ0v) is 16.8. The Bertz CT molecular complexity index is 728. The summed E-state index contributed by atoms with van der Waals surface area (Å²) in [5.41, 5.74) is 1.38. The molecule has 2 aromatic rings. The van der Waals surface area contributed by atoms with E-state index in [1.807, 2.05) is 11.8 Å². The predicted octanol–water partition coefficient (Wildman–Crippen LogP) is 1.77. The minimum absolute atomic E-state index is 0.384. The lowest BCUT2D eigenvalue weighted by Gasteiger charge is -2.13. The van der Waals surface area contributed by atoms with Crippen molar-refractivity contribution in [2.75, 3.05) is 14.1 Å². The average Bonchev–Trinajstić information content (AvgIpc) is 2.92. The number of halogens is 1. The van der Waals surface area contributed by atoms with Crippen LogP contribution in [-0.2, 0) is 16.1 Å². The van der Waals surface area contributed by atoms with E-state index in [4.69, 9.17) is 0 Å². The maximum Gasteiger partial charge on any atom is 0.0710 e. The summed E-state index contributed by atoms with van der Waals surface area (Å²) in [7, 11) is 4.20. The van der Waals surface area contributed by atoms with Crippen LogP contribution in [0.3, 0.4) is 0 Å². The molecule has 1 heterocycles. The van der Waals surface area contributed by atoms with Crippen molar-refractivity contribution in [3.05, 3.63) is 57.9 Å². The van der Waals surface area contributed by atoms with E-state index in [-0.39, 0.29) is 0 Å². The number of carbonyl (C=O) groups excluding carboxylic acids is 2. The summed E-state index contributed by atoms with van der Waals surface area (Å²) in [5, 5.41) is 18.8. The second-order valence-electron chi connectivity index (χ2n) is 4.98. The third-order valence-corrected chi connectivity index (χ3v) is 5.45. The molecule has 0 unspecified atom stereocenters. The van der Waals surface area contributed by atoms with Crippen LogP contribution in [0.2, 0.25) is 0 Å². The molecule has 0 spiro atoms. The number of aliphatic carboxylic acids is 2. The van der Waals surface area contributed by atoms with E-state index < -0.39 is 11.9 Å². The topological polar surface area (TPSA) is 83.5 Å². The van der Waals surface area contributed by atoms with Crippen molar-refractivity contribution in [2.24, 2.45) is 0 Å². The Morgan fingerprint density at radius 3 is 2.20 bits per heavy atom. The minimum atomic E-state index is -1.55. The minimum Gasteiger partial charge on any atom is -0.545 e. The third-order valence-electron chi connectivity index (χ3n) is 2.57. The Hall–Kier alpha value is -1.61. The molecule has 0 saturated heterocycles. The molecular weight excluding hydrogens is 426 g/mol. The fraction of sp³-hybridized carbons (Fsp3) is 0.176. The van der Waals surface area contributed by atoms with Gasteiger partial charge in [-0.05, 0) is 65.9 Å². The largest absolute Gasteiger partial charge is 0.545 e. The van der Waals surface area contributed by atoms with Gasteiger partial charge >= 0.3 is 0 Å². The highest BCUT2D eigenvalue weighted by Gasteiger charge is 2.06. The number of benzene rings is 1. The van der Waals surface area contributed by atoms with Gasteiger partial charge < -0.3 is 24.7 Å². The van der Waals surface area contributed by atoms with Crippen LogP contribution in [0.4, 0.5) is 0 Å². The first-order chi connectivity index (χ1) is 11.8. The SMILES string of the molecule is CN(C)Cc1ccccc1Sc1ccc(Br)s1.O=C([O-])/C=C\C(=O)[O-]. The molecule has 0 amide bonds. The standard InChI is InChI=1S/C13H14BrNS2.C4H4O4/c1-15(2)9-10-5-3-4-6-11(10)16-13-8-7-12(14)17-13;5-3(6)1-2-4(7)8/h3-8H,9H2,1-2H3;1-2H,(H,5,6)(H,7,8)/p-2/b;2-1-. The molecule has 25 heavy (non-hydrogen) atoms. The van der Waals surface area contributed by atoms with E-state index in [2.05, 4.69) is 71.3 Å². The molecule has 0 aliphatic heterocycles. The lowest BCUT2D eigenvalue weighted by Crippen LogP contribution is -2.23. The quantitative estimate of drug-likeness (QED) is 0.635. The normalized spacial score (nSPS) is 10.6. The van der Waals surface area contributed by atoms with E-state index in [1.54, 1.807) is 11.3 Å². The molecule has 5 nitrogen and oxygen atoms in total. The van der Waals surface area contributed by atoms with Crippen molar-refractivity contribution < 1.29 is 19.8 Å². The number of rotatable bonds is 6. The van der Waals surface area contributed by atoms with Gasteiger partial charge in [-0.15, -0.1) is 11.3 Å². The molecule has 0 N–H and O–H groups in total. The van der Waals surface area contributed by atoms with Crippen LogP contribution in [0.1, 0.15) is 5.56 Å². The highest BCUT2D eigenvalue weighted by Crippen LogP contribution is 2.37. The van der Waals surface area contributed by atoms with Gasteiger partial charge in [-0.2, -0.15) is 0 Å². The van der Waals surface area contributed by atoms with Crippen molar-refractivity contribution in [3.8, 4) is 0 Å². The van der Waals surface area contributed by atoms with E-state index in [1.165, 1.54) is 18.5 Å². The molecule has 2 rings (SSSR count). The molecule has 8 heteroatoms. The first kappa shape index (κ1) is 21.4. The van der Waals surface area contributed by atoms with Gasteiger partial charge in [-0.1, -0.05) is 30.0 Å². The second kappa shape index (κ2) is 11.1. The second-order valence-corrected chi connectivity index (χ2v) is 8.78. The van der Waals surface area contributed by atoms with Gasteiger partial charge in [-0.3, -0.25) is 0 Å². The van der Waals surface area contributed by atoms with Crippen molar-refractivity contribution in [1.82, 2.24) is 4.90 Å². The van der Waals surface area contributed by atoms with Crippen molar-refractivity contribution >= 4 is 51.0 Å². The summed E-state index contributed by atoms with van der Waals surface area (Å²) in [5.74, 6) is -3.09. The van der Waals surface area contributed by atoms with Crippen LogP contribution < -0.4 is 10.2 Å². The van der Waals surface area contributed by atoms with E-state index in [9.17, 15) is 19.8 Å². The summed E-state index contributed by atoms with van der Waals surface area (Å²) in [6, 6.07) is 12.9. The number of hydrogen-bond donors (Lipinski definition) is 0. The highest BCUT2D eigenvalue weighted by atomic mass is 79.9. The van der Waals surface area contributed by atoms with Gasteiger partial charge in [0.25, 0.3) is 0 Å². The Morgan fingerprint density at radius 1 is 1.12 bits per heavy atom. The fourth-order valence-corrected chi connectivity index (χ4v) is 4.58. The molecule has 0 aliphatic carbocycles. The van der Waals surface area contributed by atoms with Crippen LogP contribution in [0.25, 0.3) is 0 Å². The molecular formula is C17H16BrNO4S2-2. The Morgan fingerprint density at radius 2 is 1.72 bits per heavy atom. The van der Waals surface area contributed by atoms with E-state index in [0.717, 1.165) is 6.54 Å². The summed E-state index contributed by atoms with van der Waals surface area (Å²) >= 11 is 7.12. The molecule has 0 radical (unpaired) electrons. The molecule has 1 aromatic carbocycles. The van der Waals surface area contributed by atoms with Crippen LogP contribution in [0.5, 0.6) is 0 Å². The first-order valence-electron chi connectivity index (χ1n) is 7.03. The third kappa shape index (κ3) is 9.45. The molecule has 0 aliphatic rings. The molecule has 0 atom stereocenters. The molecule has 134 valence electrons. The summed E-state index contributed by atoms with van der Waals surface area (Å²) < 4.78 is 2.51. The van der Waals surface area contributed by atoms with Crippen molar-refractivity contribution in [2.45, 2.75) is 15.6 Å². The van der Waals surface area contributed by atoms with Gasteiger partial charge in [0.05, 0.1) is 19.9 Å². The lowest BCUT2D eigenvalue weighted by molar-refractivity contribution is -0.301. The van der Waals surface area contributed by atoms with E-state index in [0.29, 0.717) is 12.2 Å². The van der Waals surface area contributed by atoms with Crippen LogP contribution in [0.15, 0.2) is 61.4 Å². The number of carboxylic acid groups (broad SMARTS) is 2. The average molecular weight is 442 g/mol. The van der Waals surface area contributed by atoms with Gasteiger partial charge in [0.2, 0.25) is 0 Å². The van der Waals surface area contributed by atoms with Crippen molar-refractivity contribution in [3.63, 3.8) is 0 Å². The number of nitrogens with zero attached hydrogens (tertiary/aromatic N) is 1. The Balaban J connectivity index is 0.000000333. The van der Waals surface area contributed by atoms with Crippen LogP contribution in [-0.4, -0.2) is 30.9 Å². The van der Waals surface area contributed by atoms with Crippen LogP contribution in [0, 0.1) is 0 Å². The lowest BCUT2D eigenvalue weighted by atomic mass is 10.2. The molecule has 0 saturated carbocycles. The van der Waals surface area contributed by atoms with Crippen LogP contribution >= 0.6 is 39.0 Å². The zero-order valence-electron chi connectivity index (χ0n) is 13.6. The maximum absolute atomic E-state index is 9.41. The van der Waals surface area contributed by atoms with E-state index >= 15 is 0 Å². The Labute approximate surface area is 163 Å². The summed E-state index contributed by atoms with van der Waals surface area (Å²) in [4.78, 5) is 22.4. The van der Waals surface area contributed by atoms with Gasteiger partial charge in [-0.25, -0.2) is 0 Å². The predicted molar refractivity (Wildman–Crippen MR) is 99.1 cm³/mol. The summed E-state index contributed by atoms with van der Waals surface area (Å²) in [6.45, 7) is 0.982. The number of thiophene rings is 1. The van der Waals surface area contributed by atoms with Gasteiger partial charge in [0, 0.05) is 11.4 Å². The first-order valence-corrected chi connectivity index (χ1v) is 9.46. The zero-order chi connectivity index (χ0) is 18.8. The smallest absolute Gasteiger partial charge is 0.0710 e. The maximum atomic E-state index is 9.41. The molecule has 0 bridgehead atoms. The van der Waals surface area contributed by atoms with Crippen molar-refractivity contribution in [1.29, 1.82) is 0 Å². The van der Waals surface area contributed by atoms with Gasteiger partial charge in [0.1, 0.15) is 0 Å². The fourth-order valence-electron chi connectivity index (χ4n) is 1.67. The number of carboxylic acids is 2. The van der Waals surface area contributed by atoms with Gasteiger partial charge in [0.15, 0.2) is 0 Å². The molecule has 0 fully saturated rings.